The molecule has 1 aliphatic rings. The Labute approximate surface area is 91.1 Å². The maximum absolute atomic E-state index is 5.67. The third-order valence-electron chi connectivity index (χ3n) is 3.33. The number of hydrogen-bond acceptors (Lipinski definition) is 3. The second-order valence-electron chi connectivity index (χ2n) is 4.41. The van der Waals surface area contributed by atoms with Gasteiger partial charge >= 0.3 is 0 Å². The first-order valence-corrected chi connectivity index (χ1v) is 5.68. The first-order valence-electron chi connectivity index (χ1n) is 5.68. The van der Waals surface area contributed by atoms with Crippen molar-refractivity contribution in [2.45, 2.75) is 19.4 Å². The van der Waals surface area contributed by atoms with Crippen molar-refractivity contribution in [1.29, 1.82) is 0 Å². The van der Waals surface area contributed by atoms with Crippen LogP contribution in [0.25, 0.3) is 0 Å². The molecule has 4 heteroatoms. The van der Waals surface area contributed by atoms with Gasteiger partial charge in [-0.1, -0.05) is 0 Å². The molecule has 0 saturated carbocycles. The Morgan fingerprint density at radius 1 is 1.47 bits per heavy atom. The monoisotopic (exact) mass is 208 g/mol. The summed E-state index contributed by atoms with van der Waals surface area (Å²) >= 11 is 0. The molecule has 0 amide bonds. The smallest absolute Gasteiger partial charge is 0.122 e. The van der Waals surface area contributed by atoms with Gasteiger partial charge in [0.2, 0.25) is 0 Å². The van der Waals surface area contributed by atoms with E-state index in [1.54, 1.807) is 0 Å². The molecule has 84 valence electrons. The summed E-state index contributed by atoms with van der Waals surface area (Å²) < 4.78 is 2.09. The third kappa shape index (κ3) is 2.58. The maximum Gasteiger partial charge on any atom is 0.122 e. The molecule has 0 spiro atoms. The number of nitrogens with two attached hydrogens (primary N) is 1. The van der Waals surface area contributed by atoms with Crippen LogP contribution in [0.2, 0.25) is 0 Å². The minimum Gasteiger partial charge on any atom is -0.337 e. The summed E-state index contributed by atoms with van der Waals surface area (Å²) in [5, 5.41) is 0. The van der Waals surface area contributed by atoms with Crippen LogP contribution in [-0.4, -0.2) is 34.1 Å². The molecule has 1 aromatic rings. The van der Waals surface area contributed by atoms with E-state index in [1.807, 2.05) is 12.4 Å². The summed E-state index contributed by atoms with van der Waals surface area (Å²) in [6.07, 6.45) is 6.34. The van der Waals surface area contributed by atoms with Crippen LogP contribution in [-0.2, 0) is 13.6 Å². The highest BCUT2D eigenvalue weighted by Gasteiger charge is 2.18. The van der Waals surface area contributed by atoms with Gasteiger partial charge in [0.15, 0.2) is 0 Å². The van der Waals surface area contributed by atoms with E-state index in [4.69, 9.17) is 5.73 Å². The van der Waals surface area contributed by atoms with Crippen LogP contribution < -0.4 is 5.73 Å². The molecule has 1 saturated heterocycles. The number of aromatic nitrogens is 2. The average molecular weight is 208 g/mol. The normalized spacial score (nSPS) is 19.6. The van der Waals surface area contributed by atoms with Crippen molar-refractivity contribution in [2.24, 2.45) is 18.7 Å². The van der Waals surface area contributed by atoms with Crippen LogP contribution in [0.15, 0.2) is 12.4 Å². The summed E-state index contributed by atoms with van der Waals surface area (Å²) in [7, 11) is 2.05. The summed E-state index contributed by atoms with van der Waals surface area (Å²) in [4.78, 5) is 6.81. The highest BCUT2D eigenvalue weighted by Crippen LogP contribution is 2.17. The Bertz CT molecular complexity index is 299. The lowest BCUT2D eigenvalue weighted by atomic mass is 9.97. The number of piperidine rings is 1. The maximum atomic E-state index is 5.67. The van der Waals surface area contributed by atoms with E-state index in [2.05, 4.69) is 21.5 Å². The van der Waals surface area contributed by atoms with E-state index in [-0.39, 0.29) is 0 Å². The lowest BCUT2D eigenvalue weighted by Gasteiger charge is -2.30. The number of hydrogen-bond donors (Lipinski definition) is 1. The number of likely N-dealkylation sites (tertiary alicyclic amines) is 1. The molecule has 0 radical (unpaired) electrons. The molecule has 0 aromatic carbocycles. The first kappa shape index (κ1) is 10.6. The first-order chi connectivity index (χ1) is 7.29. The second-order valence-corrected chi connectivity index (χ2v) is 4.41. The zero-order chi connectivity index (χ0) is 10.7. The highest BCUT2D eigenvalue weighted by molar-refractivity contribution is 4.91. The second kappa shape index (κ2) is 4.77. The van der Waals surface area contributed by atoms with Gasteiger partial charge in [0, 0.05) is 19.4 Å². The van der Waals surface area contributed by atoms with E-state index in [1.165, 1.54) is 12.8 Å². The fourth-order valence-corrected chi connectivity index (χ4v) is 2.13. The lowest BCUT2D eigenvalue weighted by Crippen LogP contribution is -2.36. The molecule has 4 nitrogen and oxygen atoms in total. The van der Waals surface area contributed by atoms with Gasteiger partial charge in [0.25, 0.3) is 0 Å². The molecule has 2 rings (SSSR count). The molecule has 2 N–H and O–H groups in total. The van der Waals surface area contributed by atoms with Gasteiger partial charge < -0.3 is 10.3 Å². The van der Waals surface area contributed by atoms with Gasteiger partial charge in [-0.3, -0.25) is 4.90 Å². The fourth-order valence-electron chi connectivity index (χ4n) is 2.13. The van der Waals surface area contributed by atoms with Crippen molar-refractivity contribution in [2.75, 3.05) is 19.6 Å². The molecule has 2 heterocycles. The van der Waals surface area contributed by atoms with Crippen molar-refractivity contribution >= 4 is 0 Å². The molecule has 1 fully saturated rings. The summed E-state index contributed by atoms with van der Waals surface area (Å²) in [5.74, 6) is 1.89. The van der Waals surface area contributed by atoms with Crippen LogP contribution in [0.5, 0.6) is 0 Å². The van der Waals surface area contributed by atoms with Crippen molar-refractivity contribution < 1.29 is 0 Å². The molecule has 0 atom stereocenters. The average Bonchev–Trinajstić information content (AvgIpc) is 2.66. The van der Waals surface area contributed by atoms with E-state index in [0.717, 1.165) is 37.9 Å². The highest BCUT2D eigenvalue weighted by atomic mass is 15.2. The van der Waals surface area contributed by atoms with E-state index in [9.17, 15) is 0 Å². The number of aryl methyl sites for hydroxylation is 1. The van der Waals surface area contributed by atoms with E-state index >= 15 is 0 Å². The Balaban J connectivity index is 1.85. The van der Waals surface area contributed by atoms with Gasteiger partial charge in [0.05, 0.1) is 6.54 Å². The van der Waals surface area contributed by atoms with Gasteiger partial charge in [-0.2, -0.15) is 0 Å². The predicted octanol–water partition coefficient (Wildman–Crippen LogP) is 0.591. The molecule has 0 bridgehead atoms. The van der Waals surface area contributed by atoms with Crippen LogP contribution in [0.3, 0.4) is 0 Å². The fraction of sp³-hybridized carbons (Fsp3) is 0.727. The minimum atomic E-state index is 0.739. The molecule has 1 aromatic heterocycles. The van der Waals surface area contributed by atoms with Gasteiger partial charge in [0.1, 0.15) is 5.82 Å². The van der Waals surface area contributed by atoms with E-state index in [0.29, 0.717) is 0 Å². The van der Waals surface area contributed by atoms with Crippen molar-refractivity contribution in [3.63, 3.8) is 0 Å². The predicted molar refractivity (Wildman–Crippen MR) is 60.3 cm³/mol. The molecular weight excluding hydrogens is 188 g/mol. The summed E-state index contributed by atoms with van der Waals surface area (Å²) in [6.45, 7) is 4.14. The standard InChI is InChI=1S/C11H20N4/c1-14-7-4-13-11(14)9-15-5-2-10(8-12)3-6-15/h4,7,10H,2-3,5-6,8-9,12H2,1H3. The number of imidazole rings is 1. The molecule has 1 aliphatic heterocycles. The van der Waals surface area contributed by atoms with Crippen LogP contribution in [0, 0.1) is 5.92 Å². The molecular formula is C11H20N4. The van der Waals surface area contributed by atoms with Crippen LogP contribution >= 0.6 is 0 Å². The van der Waals surface area contributed by atoms with E-state index < -0.39 is 0 Å². The van der Waals surface area contributed by atoms with Gasteiger partial charge in [-0.05, 0) is 38.4 Å². The quantitative estimate of drug-likeness (QED) is 0.791. The Morgan fingerprint density at radius 2 is 2.20 bits per heavy atom. The number of rotatable bonds is 3. The van der Waals surface area contributed by atoms with Crippen LogP contribution in [0.1, 0.15) is 18.7 Å². The van der Waals surface area contributed by atoms with Crippen molar-refractivity contribution in [3.8, 4) is 0 Å². The Kier molecular flexibility index (Phi) is 3.38. The Morgan fingerprint density at radius 3 is 2.73 bits per heavy atom. The van der Waals surface area contributed by atoms with Crippen molar-refractivity contribution in [3.05, 3.63) is 18.2 Å². The third-order valence-corrected chi connectivity index (χ3v) is 3.33. The minimum absolute atomic E-state index is 0.739. The van der Waals surface area contributed by atoms with Crippen molar-refractivity contribution in [1.82, 2.24) is 14.5 Å². The zero-order valence-electron chi connectivity index (χ0n) is 9.39. The summed E-state index contributed by atoms with van der Waals surface area (Å²) in [5.41, 5.74) is 5.67. The van der Waals surface area contributed by atoms with Gasteiger partial charge in [-0.25, -0.2) is 4.98 Å². The van der Waals surface area contributed by atoms with Crippen LogP contribution in [0.4, 0.5) is 0 Å². The summed E-state index contributed by atoms with van der Waals surface area (Å²) in [6, 6.07) is 0. The Hall–Kier alpha value is -0.870. The largest absolute Gasteiger partial charge is 0.337 e. The van der Waals surface area contributed by atoms with Gasteiger partial charge in [-0.15, -0.1) is 0 Å². The lowest BCUT2D eigenvalue weighted by molar-refractivity contribution is 0.175. The molecule has 0 aliphatic carbocycles. The molecule has 0 unspecified atom stereocenters. The zero-order valence-corrected chi connectivity index (χ0v) is 9.39. The SMILES string of the molecule is Cn1ccnc1CN1CCC(CN)CC1. The topological polar surface area (TPSA) is 47.1 Å². The molecule has 15 heavy (non-hydrogen) atoms. The number of nitrogens with zero attached hydrogens (tertiary/aromatic N) is 3.